The van der Waals surface area contributed by atoms with Crippen LogP contribution in [0.4, 0.5) is 4.39 Å². The van der Waals surface area contributed by atoms with E-state index < -0.39 is 6.04 Å². The topological polar surface area (TPSA) is 71.1 Å². The van der Waals surface area contributed by atoms with Crippen LogP contribution in [0, 0.1) is 5.82 Å². The van der Waals surface area contributed by atoms with E-state index in [0.717, 1.165) is 12.0 Å². The van der Waals surface area contributed by atoms with E-state index in [4.69, 9.17) is 0 Å². The van der Waals surface area contributed by atoms with Gasteiger partial charge in [-0.2, -0.15) is 0 Å². The molecular weight excluding hydrogens is 309 g/mol. The van der Waals surface area contributed by atoms with Crippen molar-refractivity contribution in [3.05, 3.63) is 65.2 Å². The van der Waals surface area contributed by atoms with Gasteiger partial charge in [0.25, 0.3) is 5.91 Å². The Morgan fingerprint density at radius 3 is 3.00 bits per heavy atom. The summed E-state index contributed by atoms with van der Waals surface area (Å²) in [7, 11) is 0. The highest BCUT2D eigenvalue weighted by molar-refractivity contribution is 5.97. The Morgan fingerprint density at radius 1 is 1.33 bits per heavy atom. The first-order chi connectivity index (χ1) is 11.6. The van der Waals surface area contributed by atoms with Crippen molar-refractivity contribution in [2.45, 2.75) is 25.3 Å². The molecule has 2 amide bonds. The standard InChI is InChI=1S/C18H18FN3O2/c19-14-4-1-3-12(9-14)10-15-11-13(6-8-20-15)17(23)22-16-5-2-7-21-18(16)24/h1,3-4,6,8-9,11,16H,2,5,7,10H2,(H,21,24)(H,22,23). The van der Waals surface area contributed by atoms with Gasteiger partial charge in [-0.15, -0.1) is 0 Å². The number of benzene rings is 1. The molecule has 1 saturated heterocycles. The molecule has 24 heavy (non-hydrogen) atoms. The number of rotatable bonds is 4. The number of carbonyl (C=O) groups excluding carboxylic acids is 2. The van der Waals surface area contributed by atoms with Gasteiger partial charge < -0.3 is 10.6 Å². The molecule has 0 aliphatic carbocycles. The van der Waals surface area contributed by atoms with E-state index in [2.05, 4.69) is 15.6 Å². The SMILES string of the molecule is O=C(NC1CCCNC1=O)c1ccnc(Cc2cccc(F)c2)c1. The first kappa shape index (κ1) is 16.1. The molecule has 124 valence electrons. The molecule has 0 spiro atoms. The summed E-state index contributed by atoms with van der Waals surface area (Å²) >= 11 is 0. The molecule has 1 unspecified atom stereocenters. The zero-order chi connectivity index (χ0) is 16.9. The second-order valence-electron chi connectivity index (χ2n) is 5.80. The summed E-state index contributed by atoms with van der Waals surface area (Å²) in [6, 6.07) is 9.06. The van der Waals surface area contributed by atoms with E-state index in [-0.39, 0.29) is 17.6 Å². The Balaban J connectivity index is 1.70. The van der Waals surface area contributed by atoms with Gasteiger partial charge in [0.15, 0.2) is 0 Å². The molecule has 1 aromatic carbocycles. The van der Waals surface area contributed by atoms with Gasteiger partial charge in [-0.1, -0.05) is 12.1 Å². The highest BCUT2D eigenvalue weighted by atomic mass is 19.1. The van der Waals surface area contributed by atoms with Gasteiger partial charge in [0.1, 0.15) is 11.9 Å². The number of pyridine rings is 1. The number of amides is 2. The van der Waals surface area contributed by atoms with Gasteiger partial charge in [0, 0.05) is 30.4 Å². The Labute approximate surface area is 139 Å². The summed E-state index contributed by atoms with van der Waals surface area (Å²) in [6.07, 6.45) is 3.46. The minimum atomic E-state index is -0.494. The number of aromatic nitrogens is 1. The van der Waals surface area contributed by atoms with E-state index in [0.29, 0.717) is 30.6 Å². The van der Waals surface area contributed by atoms with E-state index in [1.54, 1.807) is 24.4 Å². The summed E-state index contributed by atoms with van der Waals surface area (Å²) in [5.41, 5.74) is 1.89. The lowest BCUT2D eigenvalue weighted by Gasteiger charge is -2.22. The first-order valence-electron chi connectivity index (χ1n) is 7.90. The lowest BCUT2D eigenvalue weighted by atomic mass is 10.1. The maximum absolute atomic E-state index is 13.3. The van der Waals surface area contributed by atoms with Gasteiger partial charge in [0.05, 0.1) is 0 Å². The smallest absolute Gasteiger partial charge is 0.252 e. The number of hydrogen-bond donors (Lipinski definition) is 2. The van der Waals surface area contributed by atoms with Gasteiger partial charge in [-0.25, -0.2) is 4.39 Å². The fourth-order valence-electron chi connectivity index (χ4n) is 2.72. The van der Waals surface area contributed by atoms with Crippen molar-refractivity contribution in [2.24, 2.45) is 0 Å². The molecule has 0 saturated carbocycles. The van der Waals surface area contributed by atoms with Crippen LogP contribution in [0.2, 0.25) is 0 Å². The Hall–Kier alpha value is -2.76. The number of nitrogens with one attached hydrogen (secondary N) is 2. The first-order valence-corrected chi connectivity index (χ1v) is 7.90. The van der Waals surface area contributed by atoms with Crippen molar-refractivity contribution in [3.63, 3.8) is 0 Å². The molecule has 2 heterocycles. The third-order valence-corrected chi connectivity index (χ3v) is 3.94. The maximum Gasteiger partial charge on any atom is 0.252 e. The molecule has 1 aliphatic rings. The average molecular weight is 327 g/mol. The summed E-state index contributed by atoms with van der Waals surface area (Å²) in [5.74, 6) is -0.756. The zero-order valence-corrected chi connectivity index (χ0v) is 13.1. The van der Waals surface area contributed by atoms with Crippen molar-refractivity contribution in [1.29, 1.82) is 0 Å². The van der Waals surface area contributed by atoms with Crippen LogP contribution in [0.25, 0.3) is 0 Å². The van der Waals surface area contributed by atoms with Crippen LogP contribution in [0.1, 0.15) is 34.5 Å². The molecule has 5 nitrogen and oxygen atoms in total. The molecule has 0 bridgehead atoms. The van der Waals surface area contributed by atoms with Crippen LogP contribution in [0.5, 0.6) is 0 Å². The fraction of sp³-hybridized carbons (Fsp3) is 0.278. The highest BCUT2D eigenvalue weighted by Gasteiger charge is 2.24. The molecule has 3 rings (SSSR count). The molecule has 1 aromatic heterocycles. The number of nitrogens with zero attached hydrogens (tertiary/aromatic N) is 1. The fourth-order valence-corrected chi connectivity index (χ4v) is 2.72. The zero-order valence-electron chi connectivity index (χ0n) is 13.1. The maximum atomic E-state index is 13.3. The van der Waals surface area contributed by atoms with Crippen LogP contribution in [0.3, 0.4) is 0 Å². The van der Waals surface area contributed by atoms with Crippen molar-refractivity contribution in [3.8, 4) is 0 Å². The van der Waals surface area contributed by atoms with Crippen LogP contribution >= 0.6 is 0 Å². The van der Waals surface area contributed by atoms with Crippen LogP contribution in [0.15, 0.2) is 42.6 Å². The molecular formula is C18H18FN3O2. The molecule has 1 fully saturated rings. The van der Waals surface area contributed by atoms with E-state index in [1.165, 1.54) is 12.1 Å². The summed E-state index contributed by atoms with van der Waals surface area (Å²) in [6.45, 7) is 0.651. The summed E-state index contributed by atoms with van der Waals surface area (Å²) in [4.78, 5) is 28.3. The minimum Gasteiger partial charge on any atom is -0.354 e. The van der Waals surface area contributed by atoms with Crippen LogP contribution in [-0.4, -0.2) is 29.4 Å². The monoisotopic (exact) mass is 327 g/mol. The molecule has 1 atom stereocenters. The van der Waals surface area contributed by atoms with Crippen molar-refractivity contribution in [2.75, 3.05) is 6.54 Å². The second kappa shape index (κ2) is 7.21. The number of piperidine rings is 1. The van der Waals surface area contributed by atoms with Crippen molar-refractivity contribution >= 4 is 11.8 Å². The van der Waals surface area contributed by atoms with Crippen LogP contribution < -0.4 is 10.6 Å². The quantitative estimate of drug-likeness (QED) is 0.900. The van der Waals surface area contributed by atoms with Crippen molar-refractivity contribution in [1.82, 2.24) is 15.6 Å². The number of hydrogen-bond acceptors (Lipinski definition) is 3. The van der Waals surface area contributed by atoms with Gasteiger partial charge in [-0.3, -0.25) is 14.6 Å². The summed E-state index contributed by atoms with van der Waals surface area (Å²) in [5, 5.41) is 5.48. The Bertz CT molecular complexity index is 763. The molecule has 6 heteroatoms. The van der Waals surface area contributed by atoms with Crippen LogP contribution in [-0.2, 0) is 11.2 Å². The predicted octanol–water partition coefficient (Wildman–Crippen LogP) is 1.82. The van der Waals surface area contributed by atoms with Gasteiger partial charge >= 0.3 is 0 Å². The minimum absolute atomic E-state index is 0.149. The highest BCUT2D eigenvalue weighted by Crippen LogP contribution is 2.11. The number of carbonyl (C=O) groups is 2. The predicted molar refractivity (Wildman–Crippen MR) is 86.9 cm³/mol. The molecule has 0 radical (unpaired) electrons. The second-order valence-corrected chi connectivity index (χ2v) is 5.80. The summed E-state index contributed by atoms with van der Waals surface area (Å²) < 4.78 is 13.3. The van der Waals surface area contributed by atoms with E-state index in [9.17, 15) is 14.0 Å². The van der Waals surface area contributed by atoms with E-state index >= 15 is 0 Å². The number of halogens is 1. The largest absolute Gasteiger partial charge is 0.354 e. The molecule has 2 aromatic rings. The van der Waals surface area contributed by atoms with Gasteiger partial charge in [-0.05, 0) is 42.7 Å². The third-order valence-electron chi connectivity index (χ3n) is 3.94. The normalized spacial score (nSPS) is 17.2. The lowest BCUT2D eigenvalue weighted by molar-refractivity contribution is -0.124. The average Bonchev–Trinajstić information content (AvgIpc) is 2.57. The lowest BCUT2D eigenvalue weighted by Crippen LogP contribution is -2.50. The van der Waals surface area contributed by atoms with E-state index in [1.807, 2.05) is 6.07 Å². The Kier molecular flexibility index (Phi) is 4.84. The van der Waals surface area contributed by atoms with Crippen molar-refractivity contribution < 1.29 is 14.0 Å². The molecule has 1 aliphatic heterocycles. The Morgan fingerprint density at radius 2 is 2.21 bits per heavy atom. The van der Waals surface area contributed by atoms with Gasteiger partial charge in [0.2, 0.25) is 5.91 Å². The molecule has 2 N–H and O–H groups in total. The third kappa shape index (κ3) is 3.95.